The molecule has 0 aromatic carbocycles. The van der Waals surface area contributed by atoms with E-state index in [1.807, 2.05) is 6.92 Å². The molecule has 0 aromatic rings. The van der Waals surface area contributed by atoms with Crippen molar-refractivity contribution < 1.29 is 4.79 Å². The second-order valence-electron chi connectivity index (χ2n) is 3.64. The fraction of sp³-hybridized carbons (Fsp3) is 0.889. The van der Waals surface area contributed by atoms with Crippen molar-refractivity contribution in [1.82, 2.24) is 4.90 Å². The maximum atomic E-state index is 10.9. The van der Waals surface area contributed by atoms with E-state index < -0.39 is 0 Å². The van der Waals surface area contributed by atoms with Crippen LogP contribution in [-0.2, 0) is 4.79 Å². The molecule has 1 amide bonds. The Kier molecular flexibility index (Phi) is 3.09. The maximum Gasteiger partial charge on any atom is 0.234 e. The number of primary amides is 1. The lowest BCUT2D eigenvalue weighted by molar-refractivity contribution is -0.122. The first-order chi connectivity index (χ1) is 5.65. The zero-order valence-corrected chi connectivity index (χ0v) is 7.92. The van der Waals surface area contributed by atoms with E-state index in [0.717, 1.165) is 19.0 Å². The lowest BCUT2D eigenvalue weighted by atomic mass is 10.1. The van der Waals surface area contributed by atoms with Gasteiger partial charge in [0.1, 0.15) is 0 Å². The summed E-state index contributed by atoms with van der Waals surface area (Å²) in [4.78, 5) is 13.0. The van der Waals surface area contributed by atoms with E-state index in [9.17, 15) is 4.79 Å². The van der Waals surface area contributed by atoms with Crippen LogP contribution >= 0.6 is 0 Å². The van der Waals surface area contributed by atoms with Crippen LogP contribution in [-0.4, -0.2) is 29.9 Å². The molecule has 1 aliphatic heterocycles. The first kappa shape index (κ1) is 9.52. The van der Waals surface area contributed by atoms with Crippen LogP contribution in [0.4, 0.5) is 0 Å². The van der Waals surface area contributed by atoms with Crippen molar-refractivity contribution in [2.75, 3.05) is 13.1 Å². The average molecular weight is 170 g/mol. The van der Waals surface area contributed by atoms with Gasteiger partial charge in [-0.2, -0.15) is 0 Å². The van der Waals surface area contributed by atoms with Crippen molar-refractivity contribution >= 4 is 5.91 Å². The van der Waals surface area contributed by atoms with Crippen molar-refractivity contribution in [2.45, 2.75) is 32.7 Å². The number of rotatable bonds is 3. The number of nitrogens with zero attached hydrogens (tertiary/aromatic N) is 1. The molecule has 12 heavy (non-hydrogen) atoms. The fourth-order valence-electron chi connectivity index (χ4n) is 1.73. The van der Waals surface area contributed by atoms with Crippen LogP contribution in [0.25, 0.3) is 0 Å². The Balaban J connectivity index is 2.41. The lowest BCUT2D eigenvalue weighted by Gasteiger charge is -2.20. The topological polar surface area (TPSA) is 46.3 Å². The number of amides is 1. The van der Waals surface area contributed by atoms with Gasteiger partial charge in [0.25, 0.3) is 0 Å². The molecule has 1 aliphatic rings. The molecular weight excluding hydrogens is 152 g/mol. The van der Waals surface area contributed by atoms with E-state index in [4.69, 9.17) is 5.73 Å². The summed E-state index contributed by atoms with van der Waals surface area (Å²) in [5.74, 6) is 0.568. The van der Waals surface area contributed by atoms with Gasteiger partial charge in [0, 0.05) is 6.54 Å². The van der Waals surface area contributed by atoms with Crippen molar-refractivity contribution in [3.8, 4) is 0 Å². The van der Waals surface area contributed by atoms with Crippen molar-refractivity contribution in [3.05, 3.63) is 0 Å². The summed E-state index contributed by atoms with van der Waals surface area (Å²) in [6, 6.07) is -0.0819. The first-order valence-electron chi connectivity index (χ1n) is 4.68. The molecule has 0 saturated carbocycles. The molecule has 3 heteroatoms. The minimum Gasteiger partial charge on any atom is -0.368 e. The molecule has 1 fully saturated rings. The highest BCUT2D eigenvalue weighted by molar-refractivity contribution is 5.79. The monoisotopic (exact) mass is 170 g/mol. The smallest absolute Gasteiger partial charge is 0.234 e. The molecule has 1 heterocycles. The normalized spacial score (nSPS) is 27.3. The molecule has 1 saturated heterocycles. The number of hydrogen-bond acceptors (Lipinski definition) is 2. The molecule has 3 nitrogen and oxygen atoms in total. The molecule has 2 atom stereocenters. The second kappa shape index (κ2) is 3.90. The van der Waals surface area contributed by atoms with Crippen LogP contribution in [0, 0.1) is 5.92 Å². The van der Waals surface area contributed by atoms with Crippen LogP contribution in [0.1, 0.15) is 26.7 Å². The Morgan fingerprint density at radius 2 is 2.42 bits per heavy atom. The Bertz CT molecular complexity index is 170. The van der Waals surface area contributed by atoms with Gasteiger partial charge in [-0.25, -0.2) is 0 Å². The van der Waals surface area contributed by atoms with Crippen LogP contribution in [0.5, 0.6) is 0 Å². The molecule has 70 valence electrons. The van der Waals surface area contributed by atoms with Crippen molar-refractivity contribution in [1.29, 1.82) is 0 Å². The zero-order valence-electron chi connectivity index (χ0n) is 7.92. The molecule has 2 unspecified atom stereocenters. The van der Waals surface area contributed by atoms with Crippen LogP contribution < -0.4 is 5.73 Å². The number of hydrogen-bond donors (Lipinski definition) is 1. The van der Waals surface area contributed by atoms with Gasteiger partial charge < -0.3 is 5.73 Å². The molecule has 0 spiro atoms. The van der Waals surface area contributed by atoms with Crippen LogP contribution in [0.15, 0.2) is 0 Å². The molecular formula is C9H18N2O. The van der Waals surface area contributed by atoms with E-state index in [2.05, 4.69) is 11.8 Å². The minimum absolute atomic E-state index is 0.0819. The Morgan fingerprint density at radius 1 is 1.75 bits per heavy atom. The molecule has 0 bridgehead atoms. The van der Waals surface area contributed by atoms with Crippen LogP contribution in [0.3, 0.4) is 0 Å². The summed E-state index contributed by atoms with van der Waals surface area (Å²) in [5, 5.41) is 0. The summed E-state index contributed by atoms with van der Waals surface area (Å²) >= 11 is 0. The average Bonchev–Trinajstić information content (AvgIpc) is 2.50. The number of carbonyl (C=O) groups is 1. The fourth-order valence-corrected chi connectivity index (χ4v) is 1.73. The van der Waals surface area contributed by atoms with Crippen molar-refractivity contribution in [3.63, 3.8) is 0 Å². The number of carbonyl (C=O) groups excluding carboxylic acids is 1. The SMILES string of the molecule is CCC1CCN(C(C)C(N)=O)C1. The predicted octanol–water partition coefficient (Wildman–Crippen LogP) is 0.592. The summed E-state index contributed by atoms with van der Waals surface area (Å²) < 4.78 is 0. The van der Waals surface area contributed by atoms with Gasteiger partial charge in [0.05, 0.1) is 6.04 Å². The van der Waals surface area contributed by atoms with E-state index >= 15 is 0 Å². The van der Waals surface area contributed by atoms with Gasteiger partial charge >= 0.3 is 0 Å². The Hall–Kier alpha value is -0.570. The summed E-state index contributed by atoms with van der Waals surface area (Å²) in [6.07, 6.45) is 2.43. The predicted molar refractivity (Wildman–Crippen MR) is 48.6 cm³/mol. The number of nitrogens with two attached hydrogens (primary N) is 1. The molecule has 0 aliphatic carbocycles. The second-order valence-corrected chi connectivity index (χ2v) is 3.64. The van der Waals surface area contributed by atoms with E-state index in [1.54, 1.807) is 0 Å². The van der Waals surface area contributed by atoms with E-state index in [0.29, 0.717) is 0 Å². The summed E-state index contributed by atoms with van der Waals surface area (Å²) in [6.45, 7) is 6.16. The van der Waals surface area contributed by atoms with Crippen molar-refractivity contribution in [2.24, 2.45) is 11.7 Å². The molecule has 2 N–H and O–H groups in total. The van der Waals surface area contributed by atoms with Gasteiger partial charge in [0.15, 0.2) is 0 Å². The van der Waals surface area contributed by atoms with Gasteiger partial charge in [-0.05, 0) is 25.8 Å². The van der Waals surface area contributed by atoms with Crippen LogP contribution in [0.2, 0.25) is 0 Å². The molecule has 1 rings (SSSR count). The minimum atomic E-state index is -0.202. The summed E-state index contributed by atoms with van der Waals surface area (Å²) in [5.41, 5.74) is 5.22. The van der Waals surface area contributed by atoms with E-state index in [-0.39, 0.29) is 11.9 Å². The van der Waals surface area contributed by atoms with Gasteiger partial charge in [0.2, 0.25) is 5.91 Å². The Labute approximate surface area is 73.9 Å². The maximum absolute atomic E-state index is 10.9. The third-order valence-corrected chi connectivity index (χ3v) is 2.85. The number of likely N-dealkylation sites (tertiary alicyclic amines) is 1. The first-order valence-corrected chi connectivity index (χ1v) is 4.68. The third kappa shape index (κ3) is 1.97. The third-order valence-electron chi connectivity index (χ3n) is 2.85. The molecule has 0 radical (unpaired) electrons. The molecule has 0 aromatic heterocycles. The van der Waals surface area contributed by atoms with Gasteiger partial charge in [-0.15, -0.1) is 0 Å². The standard InChI is InChI=1S/C9H18N2O/c1-3-8-4-5-11(6-8)7(2)9(10)12/h7-8H,3-6H2,1-2H3,(H2,10,12). The van der Waals surface area contributed by atoms with E-state index in [1.165, 1.54) is 12.8 Å². The Morgan fingerprint density at radius 3 is 2.83 bits per heavy atom. The largest absolute Gasteiger partial charge is 0.368 e. The van der Waals surface area contributed by atoms with Gasteiger partial charge in [-0.1, -0.05) is 13.3 Å². The zero-order chi connectivity index (χ0) is 9.14. The highest BCUT2D eigenvalue weighted by Crippen LogP contribution is 2.20. The summed E-state index contributed by atoms with van der Waals surface area (Å²) in [7, 11) is 0. The quantitative estimate of drug-likeness (QED) is 0.674. The lowest BCUT2D eigenvalue weighted by Crippen LogP contribution is -2.41. The highest BCUT2D eigenvalue weighted by atomic mass is 16.1. The van der Waals surface area contributed by atoms with Gasteiger partial charge in [-0.3, -0.25) is 9.69 Å². The highest BCUT2D eigenvalue weighted by Gasteiger charge is 2.27.